The zero-order valence-electron chi connectivity index (χ0n) is 5.54. The summed E-state index contributed by atoms with van der Waals surface area (Å²) in [5.41, 5.74) is 2.53. The second kappa shape index (κ2) is 4.85. The Hall–Kier alpha value is -0.901. The third kappa shape index (κ3) is 2.67. The largest absolute Gasteiger partial charge is 2.00 e. The predicted molar refractivity (Wildman–Crippen MR) is 35.9 cm³/mol. The number of nitrogen functional groups attached to an aromatic ring is 1. The molecule has 0 fully saturated rings. The van der Waals surface area contributed by atoms with Crippen molar-refractivity contribution >= 4 is 5.91 Å². The van der Waals surface area contributed by atoms with E-state index in [0.29, 0.717) is 5.56 Å². The van der Waals surface area contributed by atoms with Gasteiger partial charge in [0, 0.05) is 18.0 Å². The molecule has 0 spiro atoms. The molecule has 0 atom stereocenters. The van der Waals surface area contributed by atoms with Gasteiger partial charge in [0.15, 0.2) is 0 Å². The molecule has 1 amide bonds. The minimum Gasteiger partial charge on any atom is -0.290 e. The fourth-order valence-corrected chi connectivity index (χ4v) is 0.587. The van der Waals surface area contributed by atoms with E-state index in [1.165, 1.54) is 12.4 Å². The molecule has 1 radical (unpaired) electrons. The van der Waals surface area contributed by atoms with Gasteiger partial charge in [0.05, 0.1) is 0 Å². The van der Waals surface area contributed by atoms with Gasteiger partial charge < -0.3 is 0 Å². The minimum absolute atomic E-state index is 0. The van der Waals surface area contributed by atoms with E-state index < -0.39 is 0 Å². The van der Waals surface area contributed by atoms with Crippen LogP contribution in [0.25, 0.3) is 0 Å². The van der Waals surface area contributed by atoms with Gasteiger partial charge in [-0.2, -0.15) is 0 Å². The SMILES string of the molecule is NNC(=O)c1ccncc1.[Cu+2]. The Morgan fingerprint density at radius 2 is 2.00 bits per heavy atom. The molecule has 0 bridgehead atoms. The average molecular weight is 201 g/mol. The number of hydrazine groups is 1. The number of hydrogen-bond acceptors (Lipinski definition) is 3. The molecule has 0 unspecified atom stereocenters. The molecule has 0 aliphatic heterocycles. The molecule has 1 aromatic heterocycles. The molecule has 1 aromatic rings. The van der Waals surface area contributed by atoms with Crippen molar-refractivity contribution in [2.75, 3.05) is 0 Å². The summed E-state index contributed by atoms with van der Waals surface area (Å²) in [5, 5.41) is 0. The number of nitrogens with zero attached hydrogens (tertiary/aromatic N) is 1. The smallest absolute Gasteiger partial charge is 0.290 e. The number of pyridine rings is 1. The Labute approximate surface area is 74.6 Å². The van der Waals surface area contributed by atoms with Crippen LogP contribution in [-0.4, -0.2) is 10.9 Å². The van der Waals surface area contributed by atoms with Crippen LogP contribution in [0.2, 0.25) is 0 Å². The van der Waals surface area contributed by atoms with Crippen LogP contribution in [0.3, 0.4) is 0 Å². The standard InChI is InChI=1S/C6H7N3O.Cu/c7-9-6(10)5-1-3-8-4-2-5;/h1-4H,7H2,(H,9,10);/q;+2. The summed E-state index contributed by atoms with van der Waals surface area (Å²) in [6.45, 7) is 0. The normalized spacial score (nSPS) is 8.09. The summed E-state index contributed by atoms with van der Waals surface area (Å²) in [7, 11) is 0. The van der Waals surface area contributed by atoms with Gasteiger partial charge in [-0.3, -0.25) is 15.2 Å². The van der Waals surface area contributed by atoms with Gasteiger partial charge in [-0.1, -0.05) is 0 Å². The molecule has 61 valence electrons. The molecule has 3 N–H and O–H groups in total. The molecule has 0 aliphatic rings. The summed E-state index contributed by atoms with van der Waals surface area (Å²) < 4.78 is 0. The molecule has 0 aromatic carbocycles. The van der Waals surface area contributed by atoms with Crippen molar-refractivity contribution in [2.45, 2.75) is 0 Å². The molecular weight excluding hydrogens is 194 g/mol. The van der Waals surface area contributed by atoms with Gasteiger partial charge in [-0.15, -0.1) is 0 Å². The zero-order chi connectivity index (χ0) is 7.40. The molecule has 1 heterocycles. The Morgan fingerprint density at radius 3 is 2.45 bits per heavy atom. The van der Waals surface area contributed by atoms with Crippen LogP contribution in [0.1, 0.15) is 10.4 Å². The fourth-order valence-electron chi connectivity index (χ4n) is 0.587. The van der Waals surface area contributed by atoms with E-state index in [-0.39, 0.29) is 23.0 Å². The maximum absolute atomic E-state index is 10.7. The molecule has 11 heavy (non-hydrogen) atoms. The number of aromatic nitrogens is 1. The van der Waals surface area contributed by atoms with Crippen LogP contribution < -0.4 is 11.3 Å². The number of hydrogen-bond donors (Lipinski definition) is 2. The summed E-state index contributed by atoms with van der Waals surface area (Å²) in [5.74, 6) is 4.58. The van der Waals surface area contributed by atoms with Crippen LogP contribution in [0.5, 0.6) is 0 Å². The molecule has 1 rings (SSSR count). The monoisotopic (exact) mass is 200 g/mol. The fraction of sp³-hybridized carbons (Fsp3) is 0. The van der Waals surface area contributed by atoms with Crippen LogP contribution in [0.4, 0.5) is 0 Å². The number of rotatable bonds is 1. The van der Waals surface area contributed by atoms with Gasteiger partial charge in [0.1, 0.15) is 0 Å². The van der Waals surface area contributed by atoms with Gasteiger partial charge in [0.25, 0.3) is 5.91 Å². The third-order valence-corrected chi connectivity index (χ3v) is 1.07. The van der Waals surface area contributed by atoms with Crippen LogP contribution in [0, 0.1) is 0 Å². The van der Waals surface area contributed by atoms with Gasteiger partial charge in [-0.25, -0.2) is 5.84 Å². The number of nitrogens with one attached hydrogen (secondary N) is 1. The average Bonchev–Trinajstić information content (AvgIpc) is 2.05. The first kappa shape index (κ1) is 10.1. The molecule has 0 aliphatic carbocycles. The van der Waals surface area contributed by atoms with Crippen LogP contribution in [0.15, 0.2) is 24.5 Å². The topological polar surface area (TPSA) is 68.0 Å². The van der Waals surface area contributed by atoms with Crippen molar-refractivity contribution in [1.29, 1.82) is 0 Å². The third-order valence-electron chi connectivity index (χ3n) is 1.07. The molecule has 0 saturated carbocycles. The van der Waals surface area contributed by atoms with Crippen LogP contribution >= 0.6 is 0 Å². The van der Waals surface area contributed by atoms with E-state index in [0.717, 1.165) is 0 Å². The van der Waals surface area contributed by atoms with Gasteiger partial charge in [-0.05, 0) is 12.1 Å². The van der Waals surface area contributed by atoms with Gasteiger partial charge >= 0.3 is 17.1 Å². The Kier molecular flexibility index (Phi) is 4.45. The maximum atomic E-state index is 10.7. The number of amides is 1. The van der Waals surface area contributed by atoms with Gasteiger partial charge in [0.2, 0.25) is 0 Å². The predicted octanol–water partition coefficient (Wildman–Crippen LogP) is -0.317. The van der Waals surface area contributed by atoms with E-state index >= 15 is 0 Å². The maximum Gasteiger partial charge on any atom is 2.00 e. The van der Waals surface area contributed by atoms with E-state index in [4.69, 9.17) is 5.84 Å². The number of nitrogens with two attached hydrogens (primary N) is 1. The minimum atomic E-state index is -0.303. The van der Waals surface area contributed by atoms with Crippen molar-refractivity contribution in [1.82, 2.24) is 10.4 Å². The summed E-state index contributed by atoms with van der Waals surface area (Å²) in [4.78, 5) is 14.5. The zero-order valence-corrected chi connectivity index (χ0v) is 6.49. The first-order valence-electron chi connectivity index (χ1n) is 2.75. The van der Waals surface area contributed by atoms with E-state index in [1.807, 2.05) is 5.43 Å². The van der Waals surface area contributed by atoms with E-state index in [9.17, 15) is 4.79 Å². The summed E-state index contributed by atoms with van der Waals surface area (Å²) in [6, 6.07) is 3.17. The second-order valence-corrected chi connectivity index (χ2v) is 1.71. The Balaban J connectivity index is 0.000001000. The molecule has 5 heteroatoms. The van der Waals surface area contributed by atoms with Crippen molar-refractivity contribution in [2.24, 2.45) is 5.84 Å². The Morgan fingerprint density at radius 1 is 1.45 bits per heavy atom. The molecular formula is C6H7CuN3O+2. The van der Waals surface area contributed by atoms with Crippen molar-refractivity contribution in [3.05, 3.63) is 30.1 Å². The quantitative estimate of drug-likeness (QED) is 0.283. The van der Waals surface area contributed by atoms with Crippen molar-refractivity contribution < 1.29 is 21.9 Å². The summed E-state index contributed by atoms with van der Waals surface area (Å²) >= 11 is 0. The van der Waals surface area contributed by atoms with Crippen LogP contribution in [-0.2, 0) is 17.1 Å². The van der Waals surface area contributed by atoms with E-state index in [1.54, 1.807) is 12.1 Å². The van der Waals surface area contributed by atoms with Crippen molar-refractivity contribution in [3.8, 4) is 0 Å². The second-order valence-electron chi connectivity index (χ2n) is 1.71. The first-order chi connectivity index (χ1) is 4.84. The summed E-state index contributed by atoms with van der Waals surface area (Å²) in [6.07, 6.45) is 3.06. The van der Waals surface area contributed by atoms with Crippen molar-refractivity contribution in [3.63, 3.8) is 0 Å². The number of carbonyl (C=O) groups is 1. The Bertz CT molecular complexity index is 227. The number of carbonyl (C=O) groups excluding carboxylic acids is 1. The first-order valence-corrected chi connectivity index (χ1v) is 2.75. The van der Waals surface area contributed by atoms with E-state index in [2.05, 4.69) is 4.98 Å². The molecule has 0 saturated heterocycles. The molecule has 4 nitrogen and oxygen atoms in total.